The van der Waals surface area contributed by atoms with Gasteiger partial charge in [-0.3, -0.25) is 4.79 Å². The average Bonchev–Trinajstić information content (AvgIpc) is 3.03. The number of fused-ring (bicyclic) bond motifs is 1. The van der Waals surface area contributed by atoms with E-state index in [2.05, 4.69) is 16.9 Å². The molecule has 3 atom stereocenters. The molecule has 4 bridgehead atoms. The molecule has 3 unspecified atom stereocenters. The summed E-state index contributed by atoms with van der Waals surface area (Å²) in [5.41, 5.74) is 0.493. The van der Waals surface area contributed by atoms with E-state index < -0.39 is 17.3 Å². The molecule has 0 spiro atoms. The molecule has 6 rings (SSSR count). The van der Waals surface area contributed by atoms with E-state index in [1.165, 1.54) is 13.3 Å². The number of nitrogens with one attached hydrogen (secondary N) is 1. The van der Waals surface area contributed by atoms with Crippen LogP contribution in [-0.2, 0) is 4.79 Å². The molecule has 0 aromatic carbocycles. The number of hydrogen-bond acceptors (Lipinski definition) is 4. The number of aromatic nitrogens is 2. The lowest BCUT2D eigenvalue weighted by Crippen LogP contribution is -2.68. The lowest BCUT2D eigenvalue weighted by molar-refractivity contribution is -0.193. The van der Waals surface area contributed by atoms with Crippen LogP contribution in [0, 0.1) is 11.2 Å². The van der Waals surface area contributed by atoms with Crippen LogP contribution in [0.2, 0.25) is 0 Å². The fourth-order valence-corrected chi connectivity index (χ4v) is 6.36. The summed E-state index contributed by atoms with van der Waals surface area (Å²) in [6.45, 7) is 4.06. The smallest absolute Gasteiger partial charge is 0.230 e. The number of pyridine rings is 1. The Morgan fingerprint density at radius 3 is 2.68 bits per heavy atom. The third-order valence-electron chi connectivity index (χ3n) is 7.18. The molecule has 2 aliphatic heterocycles. The van der Waals surface area contributed by atoms with Crippen molar-refractivity contribution in [2.45, 2.75) is 69.6 Å². The summed E-state index contributed by atoms with van der Waals surface area (Å²) in [5, 5.41) is 11.2. The fraction of sp³-hybridized carbons (Fsp3) is 0.619. The Morgan fingerprint density at radius 1 is 1.39 bits per heavy atom. The highest BCUT2D eigenvalue weighted by Crippen LogP contribution is 2.58. The molecule has 6 nitrogen and oxygen atoms in total. The fourth-order valence-electron chi connectivity index (χ4n) is 6.36. The quantitative estimate of drug-likeness (QED) is 0.848. The summed E-state index contributed by atoms with van der Waals surface area (Å²) >= 11 is 0. The second-order valence-corrected chi connectivity index (χ2v) is 9.41. The van der Waals surface area contributed by atoms with Crippen LogP contribution >= 0.6 is 0 Å². The first-order chi connectivity index (χ1) is 13.2. The highest BCUT2D eigenvalue weighted by molar-refractivity contribution is 5.91. The van der Waals surface area contributed by atoms with Crippen molar-refractivity contribution < 1.29 is 19.0 Å². The van der Waals surface area contributed by atoms with Crippen molar-refractivity contribution in [3.63, 3.8) is 0 Å². The van der Waals surface area contributed by atoms with Crippen molar-refractivity contribution in [2.24, 2.45) is 5.41 Å². The molecule has 4 aliphatic rings. The molecule has 2 aromatic rings. The van der Waals surface area contributed by atoms with E-state index in [9.17, 15) is 14.3 Å². The summed E-state index contributed by atoms with van der Waals surface area (Å²) < 4.78 is 19.9. The third kappa shape index (κ3) is 2.41. The van der Waals surface area contributed by atoms with Crippen LogP contribution in [0.3, 0.4) is 0 Å². The molecular formula is C21H26FN3O3. The normalized spacial score (nSPS) is 34.8. The first kappa shape index (κ1) is 17.9. The van der Waals surface area contributed by atoms with Gasteiger partial charge in [-0.05, 0) is 50.0 Å². The minimum atomic E-state index is -0.634. The maximum absolute atomic E-state index is 14.9. The number of carbonyl (C=O) groups is 1. The zero-order valence-electron chi connectivity index (χ0n) is 16.5. The van der Waals surface area contributed by atoms with Gasteiger partial charge in [0, 0.05) is 18.3 Å². The number of rotatable bonds is 3. The molecule has 2 aliphatic carbocycles. The number of amides is 1. The Hall–Kier alpha value is -2.15. The van der Waals surface area contributed by atoms with Gasteiger partial charge in [-0.2, -0.15) is 0 Å². The summed E-state index contributed by atoms with van der Waals surface area (Å²) in [4.78, 5) is 22.7. The molecule has 7 heteroatoms. The molecule has 2 saturated heterocycles. The van der Waals surface area contributed by atoms with Gasteiger partial charge in [-0.1, -0.05) is 6.92 Å². The number of halogens is 1. The maximum Gasteiger partial charge on any atom is 0.230 e. The van der Waals surface area contributed by atoms with E-state index in [0.717, 1.165) is 19.3 Å². The zero-order chi connectivity index (χ0) is 19.8. The topological polar surface area (TPSA) is 78.5 Å². The van der Waals surface area contributed by atoms with Crippen LogP contribution in [0.5, 0.6) is 5.75 Å². The van der Waals surface area contributed by atoms with Crippen molar-refractivity contribution in [3.8, 4) is 5.75 Å². The standard InChI is InChI=1S/C21H26FN3O3/c1-11(14-8-23-18-16(14)17(22)15(28-3)9-24-18)19(26)25-12-4-20(2)5-13(25)7-21(27,6-12)10-20/h8-9,11-13,27H,4-7,10H2,1-3H3,(H,23,24). The maximum atomic E-state index is 14.9. The molecule has 0 radical (unpaired) electrons. The average molecular weight is 387 g/mol. The van der Waals surface area contributed by atoms with Gasteiger partial charge in [0.1, 0.15) is 5.65 Å². The Balaban J connectivity index is 1.49. The predicted octanol–water partition coefficient (Wildman–Crippen LogP) is 3.11. The number of ether oxygens (including phenoxy) is 1. The number of methoxy groups -OCH3 is 1. The van der Waals surface area contributed by atoms with Gasteiger partial charge in [-0.15, -0.1) is 0 Å². The molecular weight excluding hydrogens is 361 g/mol. The van der Waals surface area contributed by atoms with Crippen molar-refractivity contribution >= 4 is 16.9 Å². The van der Waals surface area contributed by atoms with Crippen LogP contribution in [0.25, 0.3) is 11.0 Å². The first-order valence-electron chi connectivity index (χ1n) is 9.98. The Morgan fingerprint density at radius 2 is 2.07 bits per heavy atom. The first-order valence-corrected chi connectivity index (χ1v) is 9.98. The number of nitrogens with zero attached hydrogens (tertiary/aromatic N) is 2. The van der Waals surface area contributed by atoms with Gasteiger partial charge in [0.05, 0.1) is 30.2 Å². The molecule has 2 N–H and O–H groups in total. The van der Waals surface area contributed by atoms with Crippen molar-refractivity contribution in [3.05, 3.63) is 23.8 Å². The van der Waals surface area contributed by atoms with Crippen LogP contribution < -0.4 is 4.74 Å². The van der Waals surface area contributed by atoms with Crippen molar-refractivity contribution in [1.29, 1.82) is 0 Å². The van der Waals surface area contributed by atoms with Crippen molar-refractivity contribution in [2.75, 3.05) is 7.11 Å². The summed E-state index contributed by atoms with van der Waals surface area (Å²) in [6, 6.07) is 0.128. The van der Waals surface area contributed by atoms with Gasteiger partial charge in [0.25, 0.3) is 0 Å². The third-order valence-corrected chi connectivity index (χ3v) is 7.18. The van der Waals surface area contributed by atoms with Gasteiger partial charge in [0.2, 0.25) is 5.91 Å². The predicted molar refractivity (Wildman–Crippen MR) is 102 cm³/mol. The number of aliphatic hydroxyl groups is 1. The molecule has 2 saturated carbocycles. The highest BCUT2D eigenvalue weighted by Gasteiger charge is 2.59. The summed E-state index contributed by atoms with van der Waals surface area (Å²) in [7, 11) is 1.40. The van der Waals surface area contributed by atoms with Crippen LogP contribution in [-0.4, -0.2) is 50.7 Å². The molecule has 4 heterocycles. The van der Waals surface area contributed by atoms with Gasteiger partial charge >= 0.3 is 0 Å². The Labute approximate surface area is 163 Å². The Bertz CT molecular complexity index is 935. The summed E-state index contributed by atoms with van der Waals surface area (Å²) in [5.74, 6) is -0.926. The van der Waals surface area contributed by atoms with E-state index in [0.29, 0.717) is 29.4 Å². The molecule has 150 valence electrons. The largest absolute Gasteiger partial charge is 0.492 e. The number of piperidine rings is 2. The zero-order valence-corrected chi connectivity index (χ0v) is 16.5. The van der Waals surface area contributed by atoms with Crippen LogP contribution in [0.1, 0.15) is 57.4 Å². The van der Waals surface area contributed by atoms with E-state index in [1.807, 2.05) is 11.8 Å². The summed E-state index contributed by atoms with van der Waals surface area (Å²) in [6.07, 6.45) is 7.01. The number of aromatic amines is 1. The lowest BCUT2D eigenvalue weighted by Gasteiger charge is -2.63. The highest BCUT2D eigenvalue weighted by atomic mass is 19.1. The molecule has 4 fully saturated rings. The van der Waals surface area contributed by atoms with E-state index in [4.69, 9.17) is 4.74 Å². The van der Waals surface area contributed by atoms with Crippen LogP contribution in [0.15, 0.2) is 12.4 Å². The van der Waals surface area contributed by atoms with Gasteiger partial charge in [0.15, 0.2) is 11.6 Å². The number of H-pyrrole nitrogens is 1. The monoisotopic (exact) mass is 387 g/mol. The second kappa shape index (κ2) is 5.69. The number of hydrogen-bond donors (Lipinski definition) is 2. The van der Waals surface area contributed by atoms with E-state index in [-0.39, 0.29) is 29.2 Å². The van der Waals surface area contributed by atoms with Gasteiger partial charge in [-0.25, -0.2) is 9.37 Å². The molecule has 1 amide bonds. The Kier molecular flexibility index (Phi) is 3.64. The van der Waals surface area contributed by atoms with Gasteiger partial charge < -0.3 is 19.7 Å². The van der Waals surface area contributed by atoms with Crippen molar-refractivity contribution in [1.82, 2.24) is 14.9 Å². The van der Waals surface area contributed by atoms with E-state index in [1.54, 1.807) is 6.20 Å². The second-order valence-electron chi connectivity index (χ2n) is 9.41. The SMILES string of the molecule is COc1cnc2[nH]cc(C(C)C(=O)N3C4CC5(C)CC3CC(O)(C4)C5)c2c1F. The molecule has 2 aromatic heterocycles. The molecule has 28 heavy (non-hydrogen) atoms. The minimum absolute atomic E-state index is 0.00381. The number of carbonyl (C=O) groups excluding carboxylic acids is 1. The van der Waals surface area contributed by atoms with Crippen LogP contribution in [0.4, 0.5) is 4.39 Å². The lowest BCUT2D eigenvalue weighted by atomic mass is 9.54. The minimum Gasteiger partial charge on any atom is -0.492 e. The van der Waals surface area contributed by atoms with E-state index >= 15 is 0 Å².